The molecule has 0 atom stereocenters. The van der Waals surface area contributed by atoms with Crippen LogP contribution in [0.3, 0.4) is 0 Å². The number of non-ortho nitro benzene ring substituents is 1. The summed E-state index contributed by atoms with van der Waals surface area (Å²) in [5, 5.41) is 11.2. The highest BCUT2D eigenvalue weighted by molar-refractivity contribution is 7.89. The largest absolute Gasteiger partial charge is 0.379 e. The van der Waals surface area contributed by atoms with E-state index in [1.165, 1.54) is 16.4 Å². The molecule has 0 aliphatic carbocycles. The molecule has 0 radical (unpaired) electrons. The van der Waals surface area contributed by atoms with Crippen molar-refractivity contribution in [3.63, 3.8) is 0 Å². The first-order valence-electron chi connectivity index (χ1n) is 8.61. The van der Waals surface area contributed by atoms with Crippen molar-refractivity contribution < 1.29 is 18.1 Å². The molecule has 2 aliphatic heterocycles. The number of morpholine rings is 1. The van der Waals surface area contributed by atoms with Gasteiger partial charge in [0.05, 0.1) is 23.8 Å². The third-order valence-corrected chi connectivity index (χ3v) is 6.62. The fraction of sp³-hybridized carbons (Fsp3) is 0.625. The Morgan fingerprint density at radius 1 is 1.00 bits per heavy atom. The zero-order chi connectivity index (χ0) is 17.9. The van der Waals surface area contributed by atoms with E-state index in [4.69, 9.17) is 4.74 Å². The zero-order valence-electron chi connectivity index (χ0n) is 14.1. The molecule has 1 aromatic rings. The maximum atomic E-state index is 13.1. The van der Waals surface area contributed by atoms with Crippen molar-refractivity contribution in [3.8, 4) is 0 Å². The van der Waals surface area contributed by atoms with Gasteiger partial charge in [0.1, 0.15) is 4.90 Å². The molecule has 1 aromatic carbocycles. The van der Waals surface area contributed by atoms with E-state index in [0.29, 0.717) is 18.9 Å². The number of nitrogens with zero attached hydrogens (tertiary/aromatic N) is 3. The van der Waals surface area contributed by atoms with Gasteiger partial charge in [-0.25, -0.2) is 8.42 Å². The summed E-state index contributed by atoms with van der Waals surface area (Å²) in [6.45, 7) is 2.75. The highest BCUT2D eigenvalue weighted by atomic mass is 32.2. The molecule has 138 valence electrons. The number of nitro groups is 1. The maximum absolute atomic E-state index is 13.1. The van der Waals surface area contributed by atoms with E-state index in [2.05, 4.69) is 0 Å². The van der Waals surface area contributed by atoms with Crippen LogP contribution in [0.5, 0.6) is 0 Å². The van der Waals surface area contributed by atoms with E-state index in [-0.39, 0.29) is 23.7 Å². The van der Waals surface area contributed by atoms with Crippen LogP contribution in [0.25, 0.3) is 0 Å². The quantitative estimate of drug-likeness (QED) is 0.595. The fourth-order valence-electron chi connectivity index (χ4n) is 3.32. The lowest BCUT2D eigenvalue weighted by Gasteiger charge is -2.30. The lowest BCUT2D eigenvalue weighted by atomic mass is 10.2. The Hall–Kier alpha value is -1.71. The van der Waals surface area contributed by atoms with Gasteiger partial charge >= 0.3 is 0 Å². The molecule has 2 aliphatic rings. The van der Waals surface area contributed by atoms with Crippen molar-refractivity contribution in [3.05, 3.63) is 28.3 Å². The Bertz CT molecular complexity index is 723. The number of benzene rings is 1. The standard InChI is InChI=1S/C16H23N3O5S/c20-19(21)14-5-6-15(17-7-3-1-2-4-8-17)16(13-14)25(22,23)18-9-11-24-12-10-18/h5-6,13H,1-4,7-12H2. The molecule has 2 heterocycles. The van der Waals surface area contributed by atoms with Crippen molar-refractivity contribution in [1.29, 1.82) is 0 Å². The topological polar surface area (TPSA) is 93.0 Å². The van der Waals surface area contributed by atoms with Gasteiger partial charge in [-0.2, -0.15) is 4.31 Å². The maximum Gasteiger partial charge on any atom is 0.270 e. The van der Waals surface area contributed by atoms with Crippen molar-refractivity contribution in [1.82, 2.24) is 4.31 Å². The average Bonchev–Trinajstić information content (AvgIpc) is 2.91. The molecule has 0 amide bonds. The number of anilines is 1. The van der Waals surface area contributed by atoms with Gasteiger partial charge in [-0.05, 0) is 18.9 Å². The van der Waals surface area contributed by atoms with Gasteiger partial charge in [-0.1, -0.05) is 12.8 Å². The van der Waals surface area contributed by atoms with Gasteiger partial charge in [-0.3, -0.25) is 10.1 Å². The fourth-order valence-corrected chi connectivity index (χ4v) is 4.96. The summed E-state index contributed by atoms with van der Waals surface area (Å²) in [6.07, 6.45) is 4.23. The summed E-state index contributed by atoms with van der Waals surface area (Å²) in [5.41, 5.74) is 0.365. The van der Waals surface area contributed by atoms with Crippen molar-refractivity contribution in [2.24, 2.45) is 0 Å². The van der Waals surface area contributed by atoms with Crippen LogP contribution in [0.4, 0.5) is 11.4 Å². The van der Waals surface area contributed by atoms with Crippen LogP contribution >= 0.6 is 0 Å². The highest BCUT2D eigenvalue weighted by Gasteiger charge is 2.31. The smallest absolute Gasteiger partial charge is 0.270 e. The molecule has 25 heavy (non-hydrogen) atoms. The number of nitro benzene ring substituents is 1. The summed E-state index contributed by atoms with van der Waals surface area (Å²) in [4.78, 5) is 12.7. The number of hydrogen-bond acceptors (Lipinski definition) is 6. The van der Waals surface area contributed by atoms with E-state index >= 15 is 0 Å². The molecule has 0 bridgehead atoms. The second kappa shape index (κ2) is 7.67. The van der Waals surface area contributed by atoms with Crippen LogP contribution in [-0.2, 0) is 14.8 Å². The van der Waals surface area contributed by atoms with Crippen molar-refractivity contribution in [2.45, 2.75) is 30.6 Å². The molecule has 9 heteroatoms. The van der Waals surface area contributed by atoms with Crippen LogP contribution in [-0.4, -0.2) is 57.0 Å². The third-order valence-electron chi connectivity index (χ3n) is 4.69. The van der Waals surface area contributed by atoms with Gasteiger partial charge in [-0.15, -0.1) is 0 Å². The minimum atomic E-state index is -3.80. The van der Waals surface area contributed by atoms with Crippen LogP contribution in [0, 0.1) is 10.1 Å². The Balaban J connectivity index is 2.04. The molecule has 0 unspecified atom stereocenters. The Kier molecular flexibility index (Phi) is 5.55. The van der Waals surface area contributed by atoms with E-state index < -0.39 is 14.9 Å². The van der Waals surface area contributed by atoms with E-state index in [1.807, 2.05) is 4.90 Å². The van der Waals surface area contributed by atoms with Crippen LogP contribution in [0.1, 0.15) is 25.7 Å². The Labute approximate surface area is 147 Å². The average molecular weight is 369 g/mol. The van der Waals surface area contributed by atoms with Gasteiger partial charge in [0, 0.05) is 38.3 Å². The summed E-state index contributed by atoms with van der Waals surface area (Å²) < 4.78 is 32.9. The van der Waals surface area contributed by atoms with E-state index in [1.54, 1.807) is 6.07 Å². The number of rotatable bonds is 4. The first kappa shape index (κ1) is 18.1. The second-order valence-corrected chi connectivity index (χ2v) is 8.23. The lowest BCUT2D eigenvalue weighted by molar-refractivity contribution is -0.385. The monoisotopic (exact) mass is 369 g/mol. The first-order chi connectivity index (χ1) is 12.0. The van der Waals surface area contributed by atoms with Crippen LogP contribution in [0.2, 0.25) is 0 Å². The van der Waals surface area contributed by atoms with Crippen LogP contribution < -0.4 is 4.90 Å². The molecule has 8 nitrogen and oxygen atoms in total. The molecular weight excluding hydrogens is 346 g/mol. The molecule has 0 aromatic heterocycles. The molecule has 0 saturated carbocycles. The Morgan fingerprint density at radius 3 is 2.24 bits per heavy atom. The highest BCUT2D eigenvalue weighted by Crippen LogP contribution is 2.33. The second-order valence-electron chi connectivity index (χ2n) is 6.33. The SMILES string of the molecule is O=[N+]([O-])c1ccc(N2CCCCCC2)c(S(=O)(=O)N2CCOCC2)c1. The predicted octanol–water partition coefficient (Wildman–Crippen LogP) is 2.00. The number of sulfonamides is 1. The lowest BCUT2D eigenvalue weighted by Crippen LogP contribution is -2.41. The minimum Gasteiger partial charge on any atom is -0.379 e. The van der Waals surface area contributed by atoms with Gasteiger partial charge in [0.2, 0.25) is 10.0 Å². The molecule has 0 N–H and O–H groups in total. The van der Waals surface area contributed by atoms with Gasteiger partial charge in [0.15, 0.2) is 0 Å². The summed E-state index contributed by atoms with van der Waals surface area (Å²) in [7, 11) is -3.80. The molecule has 2 fully saturated rings. The molecular formula is C16H23N3O5S. The zero-order valence-corrected chi connectivity index (χ0v) is 14.9. The number of hydrogen-bond donors (Lipinski definition) is 0. The molecule has 2 saturated heterocycles. The van der Waals surface area contributed by atoms with Crippen molar-refractivity contribution in [2.75, 3.05) is 44.3 Å². The van der Waals surface area contributed by atoms with E-state index in [0.717, 1.165) is 38.8 Å². The van der Waals surface area contributed by atoms with E-state index in [9.17, 15) is 18.5 Å². The van der Waals surface area contributed by atoms with Gasteiger partial charge in [0.25, 0.3) is 5.69 Å². The van der Waals surface area contributed by atoms with Crippen molar-refractivity contribution >= 4 is 21.4 Å². The van der Waals surface area contributed by atoms with Crippen LogP contribution in [0.15, 0.2) is 23.1 Å². The minimum absolute atomic E-state index is 0.0329. The summed E-state index contributed by atoms with van der Waals surface area (Å²) in [6, 6.07) is 4.17. The summed E-state index contributed by atoms with van der Waals surface area (Å²) in [5.74, 6) is 0. The summed E-state index contributed by atoms with van der Waals surface area (Å²) >= 11 is 0. The molecule has 3 rings (SSSR count). The first-order valence-corrected chi connectivity index (χ1v) is 10.1. The Morgan fingerprint density at radius 2 is 1.64 bits per heavy atom. The normalized spacial score (nSPS) is 20.2. The third kappa shape index (κ3) is 3.94. The number of ether oxygens (including phenoxy) is 1. The molecule has 0 spiro atoms. The van der Waals surface area contributed by atoms with Gasteiger partial charge < -0.3 is 9.64 Å². The predicted molar refractivity (Wildman–Crippen MR) is 93.4 cm³/mol.